The summed E-state index contributed by atoms with van der Waals surface area (Å²) in [5.41, 5.74) is 0. The third kappa shape index (κ3) is 5.46. The van der Waals surface area contributed by atoms with Crippen LogP contribution in [0.2, 0.25) is 0 Å². The number of hydrogen-bond donors (Lipinski definition) is 0. The molecule has 4 heteroatoms. The van der Waals surface area contributed by atoms with Gasteiger partial charge in [-0.1, -0.05) is 0 Å². The van der Waals surface area contributed by atoms with Crippen molar-refractivity contribution >= 4 is 0 Å². The summed E-state index contributed by atoms with van der Waals surface area (Å²) in [5.74, 6) is -1.47. The molecule has 0 saturated heterocycles. The first-order chi connectivity index (χ1) is 3.42. The van der Waals surface area contributed by atoms with Gasteiger partial charge < -0.3 is 0 Å². The maximum atomic E-state index is 11.2. The Labute approximate surface area is 43.8 Å². The molecule has 47 valence electrons. The molecule has 0 saturated carbocycles. The molecular weight excluding hydrogens is 124 g/mol. The van der Waals surface area contributed by atoms with E-state index in [1.165, 1.54) is 0 Å². The van der Waals surface area contributed by atoms with Crippen LogP contribution in [0, 0.1) is 6.92 Å². The summed E-state index contributed by atoms with van der Waals surface area (Å²) in [6.07, 6.45) is -5.08. The molecule has 0 bridgehead atoms. The Morgan fingerprint density at radius 3 is 1.75 bits per heavy atom. The summed E-state index contributed by atoms with van der Waals surface area (Å²) in [4.78, 5) is 0. The van der Waals surface area contributed by atoms with E-state index in [4.69, 9.17) is 0 Å². The van der Waals surface area contributed by atoms with Gasteiger partial charge in [-0.3, -0.25) is 0 Å². The van der Waals surface area contributed by atoms with Crippen LogP contribution in [-0.4, -0.2) is 6.18 Å². The van der Waals surface area contributed by atoms with Crippen LogP contribution < -0.4 is 0 Å². The minimum absolute atomic E-state index is 0.507. The average molecular weight is 127 g/mol. The topological polar surface area (TPSA) is 0 Å². The molecule has 0 aliphatic carbocycles. The Bertz CT molecular complexity index is 95.1. The van der Waals surface area contributed by atoms with Crippen LogP contribution in [0.15, 0.2) is 11.9 Å². The van der Waals surface area contributed by atoms with Gasteiger partial charge in [-0.05, 0) is 0 Å². The maximum Gasteiger partial charge on any atom is 0.412 e. The second-order valence-electron chi connectivity index (χ2n) is 1.13. The Morgan fingerprint density at radius 1 is 1.38 bits per heavy atom. The van der Waals surface area contributed by atoms with Gasteiger partial charge in [-0.25, -0.2) is 4.39 Å². The van der Waals surface area contributed by atoms with Gasteiger partial charge >= 0.3 is 6.18 Å². The van der Waals surface area contributed by atoms with Crippen molar-refractivity contribution in [2.24, 2.45) is 0 Å². The molecule has 0 aliphatic heterocycles. The fourth-order valence-electron chi connectivity index (χ4n) is 0.178. The molecule has 0 spiro atoms. The molecule has 0 rings (SSSR count). The minimum Gasteiger partial charge on any atom is -0.212 e. The zero-order chi connectivity index (χ0) is 6.78. The highest BCUT2D eigenvalue weighted by atomic mass is 19.4. The Hall–Kier alpha value is -0.540. The fourth-order valence-corrected chi connectivity index (χ4v) is 0.178. The smallest absolute Gasteiger partial charge is 0.212 e. The third-order valence-electron chi connectivity index (χ3n) is 0.320. The second kappa shape index (κ2) is 2.15. The van der Waals surface area contributed by atoms with E-state index in [9.17, 15) is 17.6 Å². The Kier molecular flexibility index (Phi) is 2.01. The molecule has 1 radical (unpaired) electrons. The number of rotatable bonds is 0. The molecule has 0 nitrogen and oxygen atoms in total. The Morgan fingerprint density at radius 2 is 1.75 bits per heavy atom. The van der Waals surface area contributed by atoms with E-state index >= 15 is 0 Å². The summed E-state index contributed by atoms with van der Waals surface area (Å²) in [6, 6.07) is 0. The summed E-state index contributed by atoms with van der Waals surface area (Å²) >= 11 is 0. The maximum absolute atomic E-state index is 11.2. The lowest BCUT2D eigenvalue weighted by atomic mass is 10.5. The second-order valence-corrected chi connectivity index (χ2v) is 1.13. The van der Waals surface area contributed by atoms with Gasteiger partial charge in [0.2, 0.25) is 0 Å². The summed E-state index contributed by atoms with van der Waals surface area (Å²) in [5, 5.41) is 0. The lowest BCUT2D eigenvalue weighted by Gasteiger charge is -1.95. The lowest BCUT2D eigenvalue weighted by Crippen LogP contribution is -2.01. The standard InChI is InChI=1S/C4H3F4/c1-3(5)2-4(6,7)8/h2H,1H2. The van der Waals surface area contributed by atoms with Crippen molar-refractivity contribution < 1.29 is 17.6 Å². The predicted molar refractivity (Wildman–Crippen MR) is 20.6 cm³/mol. The summed E-state index contributed by atoms with van der Waals surface area (Å²) in [7, 11) is 0. The molecule has 8 heavy (non-hydrogen) atoms. The van der Waals surface area contributed by atoms with Crippen LogP contribution in [0.25, 0.3) is 0 Å². The van der Waals surface area contributed by atoms with Gasteiger partial charge in [0.15, 0.2) is 0 Å². The van der Waals surface area contributed by atoms with E-state index in [-0.39, 0.29) is 0 Å². The van der Waals surface area contributed by atoms with E-state index < -0.39 is 18.1 Å². The Balaban J connectivity index is 3.89. The van der Waals surface area contributed by atoms with Crippen molar-refractivity contribution in [3.63, 3.8) is 0 Å². The first-order valence-corrected chi connectivity index (χ1v) is 1.69. The first kappa shape index (κ1) is 7.46. The zero-order valence-electron chi connectivity index (χ0n) is 3.80. The molecule has 0 aromatic rings. The highest BCUT2D eigenvalue weighted by molar-refractivity contribution is 4.98. The molecular formula is C4H3F4. The lowest BCUT2D eigenvalue weighted by molar-refractivity contribution is -0.0811. The van der Waals surface area contributed by atoms with Gasteiger partial charge in [0.05, 0.1) is 6.08 Å². The van der Waals surface area contributed by atoms with Gasteiger partial charge in [-0.2, -0.15) is 13.2 Å². The van der Waals surface area contributed by atoms with E-state index in [1.54, 1.807) is 0 Å². The summed E-state index contributed by atoms with van der Waals surface area (Å²) in [6.45, 7) is 2.40. The predicted octanol–water partition coefficient (Wildman–Crippen LogP) is 2.24. The highest BCUT2D eigenvalue weighted by Crippen LogP contribution is 2.18. The molecule has 0 aromatic heterocycles. The van der Waals surface area contributed by atoms with E-state index in [0.717, 1.165) is 0 Å². The van der Waals surface area contributed by atoms with Gasteiger partial charge in [0.25, 0.3) is 0 Å². The largest absolute Gasteiger partial charge is 0.412 e. The van der Waals surface area contributed by atoms with Crippen molar-refractivity contribution in [1.29, 1.82) is 0 Å². The average Bonchev–Trinajstić information content (AvgIpc) is 1.21. The van der Waals surface area contributed by atoms with Crippen molar-refractivity contribution in [2.45, 2.75) is 6.18 Å². The van der Waals surface area contributed by atoms with Crippen LogP contribution in [0.5, 0.6) is 0 Å². The molecule has 0 heterocycles. The number of halogens is 4. The van der Waals surface area contributed by atoms with Crippen molar-refractivity contribution in [3.05, 3.63) is 18.8 Å². The highest BCUT2D eigenvalue weighted by Gasteiger charge is 2.23. The van der Waals surface area contributed by atoms with Crippen LogP contribution >= 0.6 is 0 Å². The first-order valence-electron chi connectivity index (χ1n) is 1.69. The van der Waals surface area contributed by atoms with Gasteiger partial charge in [0.1, 0.15) is 5.83 Å². The van der Waals surface area contributed by atoms with E-state index in [0.29, 0.717) is 0 Å². The minimum atomic E-state index is -4.58. The quantitative estimate of drug-likeness (QED) is 0.437. The van der Waals surface area contributed by atoms with Crippen LogP contribution in [0.1, 0.15) is 0 Å². The normalized spacial score (nSPS) is 14.4. The van der Waals surface area contributed by atoms with Gasteiger partial charge in [0, 0.05) is 6.92 Å². The van der Waals surface area contributed by atoms with Crippen LogP contribution in [0.4, 0.5) is 17.6 Å². The number of allylic oxidation sites excluding steroid dienone is 2. The number of hydrogen-bond acceptors (Lipinski definition) is 0. The molecule has 0 unspecified atom stereocenters. The SMILES string of the molecule is [CH2]C(F)=CC(F)(F)F. The molecule has 0 aliphatic rings. The number of alkyl halides is 3. The van der Waals surface area contributed by atoms with Crippen molar-refractivity contribution in [2.75, 3.05) is 0 Å². The van der Waals surface area contributed by atoms with Gasteiger partial charge in [-0.15, -0.1) is 0 Å². The van der Waals surface area contributed by atoms with Crippen molar-refractivity contribution in [3.8, 4) is 0 Å². The monoisotopic (exact) mass is 127 g/mol. The van der Waals surface area contributed by atoms with E-state index in [1.807, 2.05) is 0 Å². The molecule has 0 amide bonds. The zero-order valence-corrected chi connectivity index (χ0v) is 3.80. The third-order valence-corrected chi connectivity index (χ3v) is 0.320. The molecule has 0 aromatic carbocycles. The summed E-state index contributed by atoms with van der Waals surface area (Å²) < 4.78 is 44.1. The fraction of sp³-hybridized carbons (Fsp3) is 0.250. The van der Waals surface area contributed by atoms with Crippen LogP contribution in [0.3, 0.4) is 0 Å². The molecule has 0 atom stereocenters. The van der Waals surface area contributed by atoms with Crippen LogP contribution in [-0.2, 0) is 0 Å². The molecule has 0 fully saturated rings. The van der Waals surface area contributed by atoms with Crippen molar-refractivity contribution in [1.82, 2.24) is 0 Å². The molecule has 0 N–H and O–H groups in total. The van der Waals surface area contributed by atoms with E-state index in [2.05, 4.69) is 6.92 Å².